The minimum atomic E-state index is -0.515. The number of aromatic nitrogens is 1. The van der Waals surface area contributed by atoms with E-state index in [0.717, 1.165) is 30.5 Å². The fraction of sp³-hybridized carbons (Fsp3) is 0.444. The molecule has 166 valence electrons. The average Bonchev–Trinajstić information content (AvgIpc) is 3.07. The van der Waals surface area contributed by atoms with E-state index in [1.165, 1.54) is 5.56 Å². The number of pyridine rings is 1. The van der Waals surface area contributed by atoms with Gasteiger partial charge in [0.05, 0.1) is 17.5 Å². The minimum absolute atomic E-state index is 0.0734. The Morgan fingerprint density at radius 1 is 1.06 bits per heavy atom. The number of Topliss-reactive ketones (excluding diaryl/α,β-unsaturated/α-hetero) is 1. The van der Waals surface area contributed by atoms with E-state index in [4.69, 9.17) is 4.74 Å². The molecule has 32 heavy (non-hydrogen) atoms. The van der Waals surface area contributed by atoms with Crippen molar-refractivity contribution >= 4 is 17.5 Å². The van der Waals surface area contributed by atoms with Gasteiger partial charge >= 0.3 is 0 Å². The van der Waals surface area contributed by atoms with Crippen LogP contribution in [0.3, 0.4) is 0 Å². The van der Waals surface area contributed by atoms with Gasteiger partial charge in [-0.05, 0) is 61.3 Å². The molecule has 3 heterocycles. The van der Waals surface area contributed by atoms with Gasteiger partial charge in [-0.25, -0.2) is 4.98 Å². The van der Waals surface area contributed by atoms with Crippen molar-refractivity contribution in [2.45, 2.75) is 65.0 Å². The molecule has 0 saturated heterocycles. The lowest BCUT2D eigenvalue weighted by atomic mass is 9.74. The number of rotatable bonds is 3. The van der Waals surface area contributed by atoms with Crippen LogP contribution in [0.15, 0.2) is 53.8 Å². The van der Waals surface area contributed by atoms with Crippen molar-refractivity contribution in [1.82, 2.24) is 4.98 Å². The second-order valence-corrected chi connectivity index (χ2v) is 9.82. The number of aryl methyl sites for hydroxylation is 1. The number of carbonyl (C=O) groups is 2. The first-order valence-electron chi connectivity index (χ1n) is 11.7. The van der Waals surface area contributed by atoms with E-state index in [1.54, 1.807) is 4.90 Å². The maximum absolute atomic E-state index is 13.8. The Hall–Kier alpha value is -2.95. The van der Waals surface area contributed by atoms with Crippen molar-refractivity contribution < 1.29 is 14.3 Å². The predicted molar refractivity (Wildman–Crippen MR) is 123 cm³/mol. The van der Waals surface area contributed by atoms with Crippen molar-refractivity contribution in [1.29, 1.82) is 0 Å². The molecular weight excluding hydrogens is 400 g/mol. The number of carbonyl (C=O) groups excluding carboxylic acids is 2. The normalized spacial score (nSPS) is 27.5. The highest BCUT2D eigenvalue weighted by Crippen LogP contribution is 2.48. The van der Waals surface area contributed by atoms with Gasteiger partial charge in [0.1, 0.15) is 11.9 Å². The lowest BCUT2D eigenvalue weighted by Crippen LogP contribution is -2.41. The van der Waals surface area contributed by atoms with Crippen LogP contribution in [-0.4, -0.2) is 22.8 Å². The van der Waals surface area contributed by atoms with Gasteiger partial charge in [0.2, 0.25) is 0 Å². The number of fused-ring (bicyclic) bond motifs is 1. The number of nitrogens with zero attached hydrogens (tertiary/aromatic N) is 2. The molecule has 1 aromatic carbocycles. The zero-order valence-corrected chi connectivity index (χ0v) is 19.2. The standard InChI is InChI=1S/C27H30N2O3/c1-15(2)18-9-11-19(12-10-18)24-23-25(30)20-14-16(3)8-13-21(20)32-26(23)27(31)29(24)22-7-5-6-17(4)28-22/h5-7,9-12,15-16,20-21,24H,8,13-14H2,1-4H3. The molecule has 2 aromatic rings. The van der Waals surface area contributed by atoms with Crippen molar-refractivity contribution in [3.8, 4) is 0 Å². The summed E-state index contributed by atoms with van der Waals surface area (Å²) in [6, 6.07) is 13.4. The molecule has 1 amide bonds. The van der Waals surface area contributed by atoms with Gasteiger partial charge in [-0.15, -0.1) is 0 Å². The van der Waals surface area contributed by atoms with Crippen LogP contribution in [0.1, 0.15) is 68.8 Å². The molecule has 0 spiro atoms. The van der Waals surface area contributed by atoms with Crippen LogP contribution in [0, 0.1) is 18.8 Å². The largest absolute Gasteiger partial charge is 0.483 e. The van der Waals surface area contributed by atoms with E-state index in [2.05, 4.69) is 37.9 Å². The van der Waals surface area contributed by atoms with Gasteiger partial charge in [0.25, 0.3) is 5.91 Å². The van der Waals surface area contributed by atoms with Crippen molar-refractivity contribution in [2.24, 2.45) is 11.8 Å². The number of hydrogen-bond donors (Lipinski definition) is 0. The fourth-order valence-electron chi connectivity index (χ4n) is 5.35. The second kappa shape index (κ2) is 7.88. The number of anilines is 1. The van der Waals surface area contributed by atoms with Gasteiger partial charge in [-0.1, -0.05) is 51.1 Å². The summed E-state index contributed by atoms with van der Waals surface area (Å²) >= 11 is 0. The first kappa shape index (κ1) is 20.9. The van der Waals surface area contributed by atoms with Crippen LogP contribution in [-0.2, 0) is 14.3 Å². The molecule has 2 aliphatic heterocycles. The number of ketones is 1. The minimum Gasteiger partial charge on any atom is -0.483 e. The number of benzene rings is 1. The number of ether oxygens (including phenoxy) is 1. The lowest BCUT2D eigenvalue weighted by Gasteiger charge is -2.37. The number of amides is 1. The summed E-state index contributed by atoms with van der Waals surface area (Å²) in [5.74, 6) is 1.31. The van der Waals surface area contributed by atoms with Crippen molar-refractivity contribution in [3.05, 3.63) is 70.6 Å². The fourth-order valence-corrected chi connectivity index (χ4v) is 5.35. The molecule has 1 saturated carbocycles. The highest BCUT2D eigenvalue weighted by Gasteiger charge is 2.53. The maximum atomic E-state index is 13.8. The van der Waals surface area contributed by atoms with Crippen LogP contribution < -0.4 is 4.90 Å². The Kier molecular flexibility index (Phi) is 5.15. The van der Waals surface area contributed by atoms with E-state index >= 15 is 0 Å². The first-order valence-corrected chi connectivity index (χ1v) is 11.7. The van der Waals surface area contributed by atoms with E-state index in [1.807, 2.05) is 37.3 Å². The molecule has 1 aliphatic carbocycles. The first-order chi connectivity index (χ1) is 15.3. The van der Waals surface area contributed by atoms with Gasteiger partial charge < -0.3 is 4.74 Å². The third kappa shape index (κ3) is 3.35. The third-order valence-electron chi connectivity index (χ3n) is 7.15. The molecule has 5 rings (SSSR count). The Morgan fingerprint density at radius 3 is 2.50 bits per heavy atom. The van der Waals surface area contributed by atoms with Crippen LogP contribution >= 0.6 is 0 Å². The van der Waals surface area contributed by atoms with Crippen molar-refractivity contribution in [3.63, 3.8) is 0 Å². The molecule has 0 N–H and O–H groups in total. The molecule has 4 atom stereocenters. The topological polar surface area (TPSA) is 59.5 Å². The second-order valence-electron chi connectivity index (χ2n) is 9.82. The van der Waals surface area contributed by atoms with Gasteiger partial charge in [-0.3, -0.25) is 14.5 Å². The quantitative estimate of drug-likeness (QED) is 0.666. The molecule has 5 heteroatoms. The summed E-state index contributed by atoms with van der Waals surface area (Å²) in [7, 11) is 0. The Balaban J connectivity index is 1.63. The highest BCUT2D eigenvalue weighted by atomic mass is 16.5. The zero-order valence-electron chi connectivity index (χ0n) is 19.2. The molecule has 0 bridgehead atoms. The molecule has 1 aromatic heterocycles. The van der Waals surface area contributed by atoms with Crippen molar-refractivity contribution in [2.75, 3.05) is 4.90 Å². The maximum Gasteiger partial charge on any atom is 0.295 e. The summed E-state index contributed by atoms with van der Waals surface area (Å²) in [5, 5.41) is 0. The molecule has 4 unspecified atom stereocenters. The van der Waals surface area contributed by atoms with Crippen LogP contribution in [0.4, 0.5) is 5.82 Å². The molecule has 3 aliphatic rings. The zero-order chi connectivity index (χ0) is 22.6. The van der Waals surface area contributed by atoms with Gasteiger partial charge in [0, 0.05) is 5.69 Å². The molecule has 0 radical (unpaired) electrons. The van der Waals surface area contributed by atoms with Crippen LogP contribution in [0.25, 0.3) is 0 Å². The van der Waals surface area contributed by atoms with E-state index in [0.29, 0.717) is 23.2 Å². The average molecular weight is 431 g/mol. The summed E-state index contributed by atoms with van der Waals surface area (Å²) < 4.78 is 6.28. The van der Waals surface area contributed by atoms with Gasteiger partial charge in [0.15, 0.2) is 11.5 Å². The lowest BCUT2D eigenvalue weighted by molar-refractivity contribution is -0.132. The third-order valence-corrected chi connectivity index (χ3v) is 7.15. The Labute approximate surface area is 189 Å². The van der Waals surface area contributed by atoms with E-state index in [9.17, 15) is 9.59 Å². The van der Waals surface area contributed by atoms with E-state index in [-0.39, 0.29) is 29.5 Å². The summed E-state index contributed by atoms with van der Waals surface area (Å²) in [6.45, 7) is 8.40. The van der Waals surface area contributed by atoms with Crippen LogP contribution in [0.5, 0.6) is 0 Å². The summed E-state index contributed by atoms with van der Waals surface area (Å²) in [5.41, 5.74) is 3.46. The Bertz CT molecular complexity index is 1100. The van der Waals surface area contributed by atoms with Crippen LogP contribution in [0.2, 0.25) is 0 Å². The highest BCUT2D eigenvalue weighted by molar-refractivity contribution is 6.17. The van der Waals surface area contributed by atoms with E-state index < -0.39 is 6.04 Å². The molecular formula is C27H30N2O3. The number of hydrogen-bond acceptors (Lipinski definition) is 4. The van der Waals surface area contributed by atoms with Gasteiger partial charge in [-0.2, -0.15) is 0 Å². The predicted octanol–water partition coefficient (Wildman–Crippen LogP) is 5.26. The summed E-state index contributed by atoms with van der Waals surface area (Å²) in [4.78, 5) is 33.7. The smallest absolute Gasteiger partial charge is 0.295 e. The SMILES string of the molecule is Cc1cccc(N2C(=O)C3=C(C(=O)C4CC(C)CCC4O3)C2c2ccc(C(C)C)cc2)n1. The monoisotopic (exact) mass is 430 g/mol. The molecule has 1 fully saturated rings. The Morgan fingerprint density at radius 2 is 1.81 bits per heavy atom. The summed E-state index contributed by atoms with van der Waals surface area (Å²) in [6.07, 6.45) is 2.46. The molecule has 5 nitrogen and oxygen atoms in total.